The summed E-state index contributed by atoms with van der Waals surface area (Å²) in [4.78, 5) is 11.3. The van der Waals surface area contributed by atoms with Crippen LogP contribution in [-0.4, -0.2) is 37.9 Å². The zero-order valence-corrected chi connectivity index (χ0v) is 10.7. The first kappa shape index (κ1) is 14.7. The van der Waals surface area contributed by atoms with Crippen molar-refractivity contribution in [2.75, 3.05) is 20.6 Å². The lowest BCUT2D eigenvalue weighted by Crippen LogP contribution is -2.31. The van der Waals surface area contributed by atoms with Crippen molar-refractivity contribution in [1.29, 1.82) is 0 Å². The molecule has 0 aromatic heterocycles. The van der Waals surface area contributed by atoms with Crippen LogP contribution >= 0.6 is 0 Å². The fourth-order valence-corrected chi connectivity index (χ4v) is 1.25. The van der Waals surface area contributed by atoms with Crippen molar-refractivity contribution in [2.45, 2.75) is 26.3 Å². The summed E-state index contributed by atoms with van der Waals surface area (Å²) < 4.78 is 0. The first-order valence-electron chi connectivity index (χ1n) is 5.56. The topological polar surface area (TPSA) is 58.4 Å². The maximum absolute atomic E-state index is 9.17. The normalized spacial score (nSPS) is 16.4. The molecule has 4 nitrogen and oxygen atoms in total. The molecule has 0 spiro atoms. The third-order valence-electron chi connectivity index (χ3n) is 2.26. The van der Waals surface area contributed by atoms with E-state index in [0.29, 0.717) is 6.42 Å². The predicted molar refractivity (Wildman–Crippen MR) is 67.9 cm³/mol. The number of carbonyl (C=O) groups excluding carboxylic acids is 1. The predicted octanol–water partition coefficient (Wildman–Crippen LogP) is 0.861. The molecular formula is C12H23N3O. The molecule has 0 bridgehead atoms. The number of aldehydes is 1. The lowest BCUT2D eigenvalue weighted by atomic mass is 10.1. The van der Waals surface area contributed by atoms with Gasteiger partial charge in [-0.3, -0.25) is 0 Å². The molecule has 0 amide bonds. The molecular weight excluding hydrogens is 202 g/mol. The maximum atomic E-state index is 9.17. The number of carbonyl (C=O) groups is 1. The van der Waals surface area contributed by atoms with Crippen LogP contribution in [0.15, 0.2) is 23.5 Å². The molecule has 0 radical (unpaired) electrons. The Balaban J connectivity index is 0.000000487. The fourth-order valence-electron chi connectivity index (χ4n) is 1.25. The molecule has 92 valence electrons. The van der Waals surface area contributed by atoms with E-state index in [1.807, 2.05) is 20.9 Å². The summed E-state index contributed by atoms with van der Waals surface area (Å²) in [6.45, 7) is 4.75. The molecule has 1 rings (SSSR count). The highest BCUT2D eigenvalue weighted by molar-refractivity contribution is 5.48. The summed E-state index contributed by atoms with van der Waals surface area (Å²) in [6, 6.07) is 0.127. The van der Waals surface area contributed by atoms with Gasteiger partial charge in [-0.25, -0.2) is 0 Å². The van der Waals surface area contributed by atoms with E-state index >= 15 is 0 Å². The van der Waals surface area contributed by atoms with E-state index in [-0.39, 0.29) is 6.04 Å². The number of hydrogen-bond acceptors (Lipinski definition) is 4. The van der Waals surface area contributed by atoms with Gasteiger partial charge in [-0.15, -0.1) is 0 Å². The van der Waals surface area contributed by atoms with Crippen LogP contribution in [0.1, 0.15) is 20.3 Å². The summed E-state index contributed by atoms with van der Waals surface area (Å²) in [6.07, 6.45) is 5.76. The summed E-state index contributed by atoms with van der Waals surface area (Å²) >= 11 is 0. The molecule has 0 saturated carbocycles. The van der Waals surface area contributed by atoms with E-state index in [0.717, 1.165) is 18.7 Å². The Morgan fingerprint density at radius 3 is 2.62 bits per heavy atom. The van der Waals surface area contributed by atoms with Crippen molar-refractivity contribution in [3.8, 4) is 0 Å². The number of nitrogens with two attached hydrogens (primary N) is 1. The van der Waals surface area contributed by atoms with Gasteiger partial charge in [0.2, 0.25) is 0 Å². The molecule has 0 aromatic carbocycles. The van der Waals surface area contributed by atoms with Crippen LogP contribution in [-0.2, 0) is 4.79 Å². The fraction of sp³-hybridized carbons (Fsp3) is 0.583. The van der Waals surface area contributed by atoms with Gasteiger partial charge in [0, 0.05) is 33.1 Å². The second-order valence-corrected chi connectivity index (χ2v) is 3.73. The monoisotopic (exact) mass is 225 g/mol. The highest BCUT2D eigenvalue weighted by atomic mass is 16.1. The van der Waals surface area contributed by atoms with Gasteiger partial charge < -0.3 is 20.7 Å². The zero-order chi connectivity index (χ0) is 12.6. The van der Waals surface area contributed by atoms with Crippen LogP contribution in [0, 0.1) is 0 Å². The Morgan fingerprint density at radius 1 is 1.69 bits per heavy atom. The Bertz CT molecular complexity index is 269. The number of nitrogens with zero attached hydrogens (tertiary/aromatic N) is 1. The van der Waals surface area contributed by atoms with E-state index in [2.05, 4.69) is 29.4 Å². The quantitative estimate of drug-likeness (QED) is 0.700. The van der Waals surface area contributed by atoms with Crippen LogP contribution in [0.4, 0.5) is 0 Å². The van der Waals surface area contributed by atoms with Crippen LogP contribution in [0.25, 0.3) is 0 Å². The van der Waals surface area contributed by atoms with Crippen LogP contribution in [0.5, 0.6) is 0 Å². The maximum Gasteiger partial charge on any atom is 0.119 e. The molecule has 0 aliphatic carbocycles. The van der Waals surface area contributed by atoms with Gasteiger partial charge in [0.25, 0.3) is 0 Å². The van der Waals surface area contributed by atoms with Crippen LogP contribution in [0.2, 0.25) is 0 Å². The molecule has 0 saturated heterocycles. The highest BCUT2D eigenvalue weighted by Crippen LogP contribution is 2.12. The van der Waals surface area contributed by atoms with Gasteiger partial charge in [0.05, 0.1) is 0 Å². The minimum Gasteiger partial charge on any atom is -0.375 e. The first-order valence-corrected chi connectivity index (χ1v) is 5.56. The molecule has 1 aliphatic heterocycles. The third kappa shape index (κ3) is 4.98. The molecule has 1 unspecified atom stereocenters. The Kier molecular flexibility index (Phi) is 7.29. The molecule has 1 aliphatic rings. The number of nitrogens with one attached hydrogen (secondary N) is 1. The smallest absolute Gasteiger partial charge is 0.119 e. The average Bonchev–Trinajstić information content (AvgIpc) is 2.29. The largest absolute Gasteiger partial charge is 0.375 e. The Hall–Kier alpha value is -1.29. The SMILES string of the molecule is CCC=O.CNC1=CC(C(C)N)=CCN1C. The number of rotatable bonds is 3. The highest BCUT2D eigenvalue weighted by Gasteiger charge is 2.10. The molecule has 3 N–H and O–H groups in total. The van der Waals surface area contributed by atoms with Gasteiger partial charge in [0.15, 0.2) is 0 Å². The molecule has 0 aromatic rings. The third-order valence-corrected chi connectivity index (χ3v) is 2.26. The van der Waals surface area contributed by atoms with Crippen molar-refractivity contribution in [3.05, 3.63) is 23.5 Å². The number of hydrogen-bond donors (Lipinski definition) is 2. The summed E-state index contributed by atoms with van der Waals surface area (Å²) in [5.41, 5.74) is 6.98. The van der Waals surface area contributed by atoms with E-state index in [9.17, 15) is 4.79 Å². The van der Waals surface area contributed by atoms with Crippen molar-refractivity contribution < 1.29 is 4.79 Å². The van der Waals surface area contributed by atoms with E-state index in [1.54, 1.807) is 0 Å². The molecule has 0 fully saturated rings. The first-order chi connectivity index (χ1) is 7.56. The van der Waals surface area contributed by atoms with Crippen molar-refractivity contribution in [3.63, 3.8) is 0 Å². The Labute approximate surface area is 98.2 Å². The Morgan fingerprint density at radius 2 is 2.25 bits per heavy atom. The van der Waals surface area contributed by atoms with Gasteiger partial charge in [-0.2, -0.15) is 0 Å². The van der Waals surface area contributed by atoms with E-state index < -0.39 is 0 Å². The van der Waals surface area contributed by atoms with Crippen molar-refractivity contribution in [2.24, 2.45) is 5.73 Å². The standard InChI is InChI=1S/C9H17N3.C3H6O/c1-7(10)8-4-5-12(3)9(6-8)11-2;1-2-3-4/h4,6-7,11H,5,10H2,1-3H3;3H,2H2,1H3. The summed E-state index contributed by atoms with van der Waals surface area (Å²) in [5, 5.41) is 3.13. The van der Waals surface area contributed by atoms with E-state index in [1.165, 1.54) is 5.57 Å². The van der Waals surface area contributed by atoms with Crippen molar-refractivity contribution >= 4 is 6.29 Å². The van der Waals surface area contributed by atoms with Gasteiger partial charge >= 0.3 is 0 Å². The number of likely N-dealkylation sites (N-methyl/N-ethyl adjacent to an activating group) is 1. The van der Waals surface area contributed by atoms with Gasteiger partial charge in [-0.1, -0.05) is 13.0 Å². The minimum atomic E-state index is 0.127. The molecule has 16 heavy (non-hydrogen) atoms. The van der Waals surface area contributed by atoms with Crippen LogP contribution in [0.3, 0.4) is 0 Å². The average molecular weight is 225 g/mol. The summed E-state index contributed by atoms with van der Waals surface area (Å²) in [7, 11) is 3.98. The zero-order valence-electron chi connectivity index (χ0n) is 10.7. The lowest BCUT2D eigenvalue weighted by molar-refractivity contribution is -0.107. The van der Waals surface area contributed by atoms with Crippen LogP contribution < -0.4 is 11.1 Å². The minimum absolute atomic E-state index is 0.127. The molecule has 1 atom stereocenters. The van der Waals surface area contributed by atoms with Crippen molar-refractivity contribution in [1.82, 2.24) is 10.2 Å². The second-order valence-electron chi connectivity index (χ2n) is 3.73. The lowest BCUT2D eigenvalue weighted by Gasteiger charge is -2.26. The molecule has 1 heterocycles. The summed E-state index contributed by atoms with van der Waals surface area (Å²) in [5.74, 6) is 1.13. The van der Waals surface area contributed by atoms with E-state index in [4.69, 9.17) is 5.73 Å². The second kappa shape index (κ2) is 7.93. The molecule has 4 heteroatoms. The van der Waals surface area contributed by atoms with Gasteiger partial charge in [0.1, 0.15) is 12.1 Å². The van der Waals surface area contributed by atoms with Gasteiger partial charge in [-0.05, 0) is 18.6 Å².